The summed E-state index contributed by atoms with van der Waals surface area (Å²) < 4.78 is 17.4. The highest BCUT2D eigenvalue weighted by atomic mass is 19.1. The van der Waals surface area contributed by atoms with Gasteiger partial charge in [0.1, 0.15) is 23.1 Å². The molecule has 12 nitrogen and oxygen atoms in total. The third kappa shape index (κ3) is 8.91. The maximum Gasteiger partial charge on any atom is 0.315 e. The zero-order chi connectivity index (χ0) is 35.0. The van der Waals surface area contributed by atoms with Gasteiger partial charge in [-0.1, -0.05) is 38.7 Å². The molecule has 4 N–H and O–H groups in total. The van der Waals surface area contributed by atoms with Crippen LogP contribution < -0.4 is 21.3 Å². The van der Waals surface area contributed by atoms with Crippen molar-refractivity contribution >= 4 is 29.4 Å². The number of aryl methyl sites for hydroxylation is 1. The van der Waals surface area contributed by atoms with E-state index < -0.39 is 41.2 Å². The summed E-state index contributed by atoms with van der Waals surface area (Å²) >= 11 is 0. The highest BCUT2D eigenvalue weighted by molar-refractivity contribution is 6.03. The molecule has 0 spiro atoms. The molecule has 2 fully saturated rings. The van der Waals surface area contributed by atoms with Crippen LogP contribution in [-0.4, -0.2) is 94.2 Å². The molecule has 2 aliphatic rings. The second-order valence-electron chi connectivity index (χ2n) is 13.7. The number of hydrogen-bond acceptors (Lipinski definition) is 6. The van der Waals surface area contributed by atoms with Crippen LogP contribution in [0.25, 0.3) is 0 Å². The van der Waals surface area contributed by atoms with Crippen LogP contribution in [-0.2, 0) is 16.1 Å². The van der Waals surface area contributed by atoms with Gasteiger partial charge in [-0.2, -0.15) is 5.10 Å². The van der Waals surface area contributed by atoms with Gasteiger partial charge >= 0.3 is 6.03 Å². The van der Waals surface area contributed by atoms with Crippen molar-refractivity contribution in [3.63, 3.8) is 0 Å². The lowest BCUT2D eigenvalue weighted by molar-refractivity contribution is -0.135. The molecular weight excluding hydrogens is 615 g/mol. The second kappa shape index (κ2) is 16.4. The Kier molecular flexibility index (Phi) is 12.6. The summed E-state index contributed by atoms with van der Waals surface area (Å²) in [6, 6.07) is 4.51. The summed E-state index contributed by atoms with van der Waals surface area (Å²) in [5.74, 6) is -2.54. The SMILES string of the molecule is CCn1nccc1C(=O)N[C@@](C)(C(=O)Nc1ccc([C@H](C)[C@@H](NC(=O)NC(C)C)C(=O)N2CCN(C)CC2)cc1F)C1CCCCCC1. The molecule has 0 unspecified atom stereocenters. The van der Waals surface area contributed by atoms with Gasteiger partial charge in [0.25, 0.3) is 5.91 Å². The fourth-order valence-corrected chi connectivity index (χ4v) is 6.71. The van der Waals surface area contributed by atoms with Crippen molar-refractivity contribution in [2.45, 2.75) is 103 Å². The average Bonchev–Trinajstić information content (AvgIpc) is 3.37. The van der Waals surface area contributed by atoms with Gasteiger partial charge in [0.15, 0.2) is 0 Å². The molecule has 4 rings (SSSR count). The molecule has 0 radical (unpaired) electrons. The minimum absolute atomic E-state index is 0.0314. The van der Waals surface area contributed by atoms with Crippen LogP contribution in [0.2, 0.25) is 0 Å². The van der Waals surface area contributed by atoms with E-state index in [9.17, 15) is 19.2 Å². The summed E-state index contributed by atoms with van der Waals surface area (Å²) in [7, 11) is 1.99. The fraction of sp³-hybridized carbons (Fsp3) is 0.629. The number of nitrogens with one attached hydrogen (secondary N) is 4. The number of hydrogen-bond donors (Lipinski definition) is 4. The van der Waals surface area contributed by atoms with Crippen LogP contribution in [0.15, 0.2) is 30.5 Å². The Morgan fingerprint density at radius 3 is 2.25 bits per heavy atom. The van der Waals surface area contributed by atoms with Gasteiger partial charge < -0.3 is 31.1 Å². The number of likely N-dealkylation sites (N-methyl/N-ethyl adjacent to an activating group) is 1. The van der Waals surface area contributed by atoms with E-state index in [1.165, 1.54) is 12.1 Å². The molecule has 13 heteroatoms. The third-order valence-electron chi connectivity index (χ3n) is 9.82. The van der Waals surface area contributed by atoms with Gasteiger partial charge in [-0.15, -0.1) is 0 Å². The van der Waals surface area contributed by atoms with E-state index in [4.69, 9.17) is 0 Å². The first kappa shape index (κ1) is 36.8. The summed E-state index contributed by atoms with van der Waals surface area (Å²) in [5, 5.41) is 15.6. The monoisotopic (exact) mass is 668 g/mol. The molecule has 2 heterocycles. The summed E-state index contributed by atoms with van der Waals surface area (Å²) in [6.45, 7) is 12.0. The number of anilines is 1. The summed E-state index contributed by atoms with van der Waals surface area (Å²) in [5.41, 5.74) is -0.492. The molecule has 0 bridgehead atoms. The Morgan fingerprint density at radius 1 is 0.979 bits per heavy atom. The summed E-state index contributed by atoms with van der Waals surface area (Å²) in [6.07, 6.45) is 7.07. The number of piperazine rings is 1. The lowest BCUT2D eigenvalue weighted by Gasteiger charge is -2.37. The second-order valence-corrected chi connectivity index (χ2v) is 13.7. The van der Waals surface area contributed by atoms with Crippen molar-refractivity contribution in [3.8, 4) is 0 Å². The Balaban J connectivity index is 1.57. The number of rotatable bonds is 11. The van der Waals surface area contributed by atoms with Crippen LogP contribution in [0.5, 0.6) is 0 Å². The first-order chi connectivity index (χ1) is 22.8. The number of nitrogens with zero attached hydrogens (tertiary/aromatic N) is 4. The standard InChI is InChI=1S/C35H53FN8O4/c1-7-44-29(16-17-37-44)31(45)41-35(5,26-12-10-8-9-11-13-26)33(47)39-28-15-14-25(22-27(28)36)24(4)30(40-34(48)38-23(2)3)32(46)43-20-18-42(6)19-21-43/h14-17,22-24,26,30H,7-13,18-21H2,1-6H3,(H,39,47)(H,41,45)(H2,38,40,48)/t24-,30+,35+/m0/s1. The van der Waals surface area contributed by atoms with Gasteiger partial charge in [0, 0.05) is 50.9 Å². The smallest absolute Gasteiger partial charge is 0.315 e. The van der Waals surface area contributed by atoms with Gasteiger partial charge in [-0.05, 0) is 77.3 Å². The number of halogens is 1. The normalized spacial score (nSPS) is 18.7. The van der Waals surface area contributed by atoms with Gasteiger partial charge in [-0.3, -0.25) is 19.1 Å². The first-order valence-corrected chi connectivity index (χ1v) is 17.3. The van der Waals surface area contributed by atoms with Crippen molar-refractivity contribution in [3.05, 3.63) is 47.5 Å². The van der Waals surface area contributed by atoms with Crippen molar-refractivity contribution in [2.24, 2.45) is 5.92 Å². The molecular formula is C35H53FN8O4. The fourth-order valence-electron chi connectivity index (χ4n) is 6.71. The highest BCUT2D eigenvalue weighted by Crippen LogP contribution is 2.34. The lowest BCUT2D eigenvalue weighted by atomic mass is 9.79. The Bertz CT molecular complexity index is 1430. The predicted molar refractivity (Wildman–Crippen MR) is 183 cm³/mol. The molecule has 1 saturated carbocycles. The van der Waals surface area contributed by atoms with Gasteiger partial charge in [0.05, 0.1) is 5.69 Å². The zero-order valence-electron chi connectivity index (χ0n) is 29.3. The number of benzene rings is 1. The minimum atomic E-state index is -1.31. The third-order valence-corrected chi connectivity index (χ3v) is 9.82. The molecule has 2 aromatic rings. The molecule has 1 saturated heterocycles. The van der Waals surface area contributed by atoms with E-state index >= 15 is 4.39 Å². The molecule has 264 valence electrons. The van der Waals surface area contributed by atoms with Gasteiger partial charge in [0.2, 0.25) is 11.8 Å². The quantitative estimate of drug-likeness (QED) is 0.266. The maximum absolute atomic E-state index is 15.8. The number of carbonyl (C=O) groups is 4. The predicted octanol–water partition coefficient (Wildman–Crippen LogP) is 4.09. The number of amides is 5. The molecule has 1 aromatic heterocycles. The minimum Gasteiger partial charge on any atom is -0.338 e. The lowest BCUT2D eigenvalue weighted by Crippen LogP contribution is -2.59. The largest absolute Gasteiger partial charge is 0.338 e. The molecule has 1 aliphatic carbocycles. The molecule has 5 amide bonds. The van der Waals surface area contributed by atoms with Crippen molar-refractivity contribution < 1.29 is 23.6 Å². The van der Waals surface area contributed by atoms with Crippen LogP contribution in [0, 0.1) is 11.7 Å². The maximum atomic E-state index is 15.8. The van der Waals surface area contributed by atoms with E-state index in [2.05, 4.69) is 31.3 Å². The van der Waals surface area contributed by atoms with Crippen LogP contribution in [0.1, 0.15) is 95.1 Å². The Labute approximate surface area is 283 Å². The molecule has 1 aromatic carbocycles. The molecule has 3 atom stereocenters. The van der Waals surface area contributed by atoms with Gasteiger partial charge in [-0.25, -0.2) is 9.18 Å². The van der Waals surface area contributed by atoms with Crippen LogP contribution >= 0.6 is 0 Å². The van der Waals surface area contributed by atoms with E-state index in [0.717, 1.165) is 51.6 Å². The molecule has 1 aliphatic heterocycles. The number of carbonyl (C=O) groups excluding carboxylic acids is 4. The summed E-state index contributed by atoms with van der Waals surface area (Å²) in [4.78, 5) is 57.9. The first-order valence-electron chi connectivity index (χ1n) is 17.3. The van der Waals surface area contributed by atoms with Crippen LogP contribution in [0.3, 0.4) is 0 Å². The Morgan fingerprint density at radius 2 is 1.65 bits per heavy atom. The van der Waals surface area contributed by atoms with Crippen molar-refractivity contribution in [2.75, 3.05) is 38.5 Å². The topological polar surface area (TPSA) is 141 Å². The molecule has 48 heavy (non-hydrogen) atoms. The van der Waals surface area contributed by atoms with E-state index in [1.54, 1.807) is 41.8 Å². The Hall–Kier alpha value is -4.00. The number of aromatic nitrogens is 2. The number of urea groups is 1. The van der Waals surface area contributed by atoms with Crippen molar-refractivity contribution in [1.82, 2.24) is 35.5 Å². The zero-order valence-corrected chi connectivity index (χ0v) is 29.3. The van der Waals surface area contributed by atoms with Crippen LogP contribution in [0.4, 0.5) is 14.9 Å². The average molecular weight is 669 g/mol. The van der Waals surface area contributed by atoms with Crippen molar-refractivity contribution in [1.29, 1.82) is 0 Å². The van der Waals surface area contributed by atoms with E-state index in [-0.39, 0.29) is 23.6 Å². The van der Waals surface area contributed by atoms with E-state index in [0.29, 0.717) is 30.9 Å². The van der Waals surface area contributed by atoms with E-state index in [1.807, 2.05) is 27.8 Å². The highest BCUT2D eigenvalue weighted by Gasteiger charge is 2.43.